The first-order valence-electron chi connectivity index (χ1n) is 15.6. The lowest BCUT2D eigenvalue weighted by atomic mass is 10.0. The second kappa shape index (κ2) is 16.9. The number of carbonyl (C=O) groups excluding carboxylic acids is 3. The van der Waals surface area contributed by atoms with Crippen LogP contribution in [0.15, 0.2) is 61.3 Å². The summed E-state index contributed by atoms with van der Waals surface area (Å²) in [6.45, 7) is 17.3. The largest absolute Gasteiger partial charge is 0.461 e. The van der Waals surface area contributed by atoms with Gasteiger partial charge in [0.25, 0.3) is 0 Å². The van der Waals surface area contributed by atoms with Gasteiger partial charge in [0, 0.05) is 44.2 Å². The van der Waals surface area contributed by atoms with E-state index in [1.165, 1.54) is 7.11 Å². The first-order valence-corrected chi connectivity index (χ1v) is 19.3. The summed E-state index contributed by atoms with van der Waals surface area (Å²) < 4.78 is 23.5. The SMILES string of the molecule is C=CCc1cc(NC(=O)OC)ccc1-c1cn(COCC[Si](C)(C)C)c(-c2cccc(COC(=O)CCNC(=O)OC(C)(C)C)c2)n1. The Kier molecular flexibility index (Phi) is 13.3. The maximum atomic E-state index is 12.4. The topological polar surface area (TPSA) is 130 Å². The summed E-state index contributed by atoms with van der Waals surface area (Å²) in [7, 11) is 0.0458. The maximum Gasteiger partial charge on any atom is 0.411 e. The van der Waals surface area contributed by atoms with Gasteiger partial charge in [-0.2, -0.15) is 0 Å². The molecule has 1 aromatic heterocycles. The molecule has 0 unspecified atom stereocenters. The fourth-order valence-corrected chi connectivity index (χ4v) is 5.20. The Morgan fingerprint density at radius 2 is 1.83 bits per heavy atom. The molecule has 254 valence electrons. The van der Waals surface area contributed by atoms with E-state index < -0.39 is 31.8 Å². The number of hydrogen-bond acceptors (Lipinski definition) is 8. The van der Waals surface area contributed by atoms with E-state index in [1.54, 1.807) is 32.9 Å². The van der Waals surface area contributed by atoms with Crippen LogP contribution in [0.1, 0.15) is 38.3 Å². The average Bonchev–Trinajstić information content (AvgIpc) is 3.41. The fourth-order valence-electron chi connectivity index (χ4n) is 4.45. The van der Waals surface area contributed by atoms with Crippen LogP contribution in [0.5, 0.6) is 0 Å². The highest BCUT2D eigenvalue weighted by molar-refractivity contribution is 6.76. The number of amides is 2. The zero-order chi connectivity index (χ0) is 34.6. The van der Waals surface area contributed by atoms with Gasteiger partial charge < -0.3 is 28.8 Å². The quantitative estimate of drug-likeness (QED) is 0.0566. The van der Waals surface area contributed by atoms with Gasteiger partial charge in [0.1, 0.15) is 24.8 Å². The van der Waals surface area contributed by atoms with Gasteiger partial charge in [-0.1, -0.05) is 50.0 Å². The summed E-state index contributed by atoms with van der Waals surface area (Å²) >= 11 is 0. The minimum Gasteiger partial charge on any atom is -0.461 e. The van der Waals surface area contributed by atoms with Crippen molar-refractivity contribution in [3.05, 3.63) is 72.4 Å². The molecule has 0 aliphatic rings. The molecule has 0 saturated heterocycles. The molecule has 0 aliphatic carbocycles. The normalized spacial score (nSPS) is 11.5. The first-order chi connectivity index (χ1) is 22.2. The van der Waals surface area contributed by atoms with Gasteiger partial charge in [0.15, 0.2) is 0 Å². The van der Waals surface area contributed by atoms with Gasteiger partial charge in [-0.15, -0.1) is 6.58 Å². The average molecular weight is 665 g/mol. The Labute approximate surface area is 278 Å². The minimum absolute atomic E-state index is 0.0163. The molecule has 2 N–H and O–H groups in total. The number of aromatic nitrogens is 2. The summed E-state index contributed by atoms with van der Waals surface area (Å²) in [5.74, 6) is 0.259. The molecule has 2 aromatic carbocycles. The first kappa shape index (κ1) is 37.0. The number of esters is 1. The Bertz CT molecular complexity index is 1540. The van der Waals surface area contributed by atoms with Crippen LogP contribution in [-0.4, -0.2) is 61.6 Å². The smallest absolute Gasteiger partial charge is 0.411 e. The molecule has 2 amide bonds. The lowest BCUT2D eigenvalue weighted by Crippen LogP contribution is -2.33. The Hall–Kier alpha value is -4.42. The van der Waals surface area contributed by atoms with Crippen molar-refractivity contribution in [3.8, 4) is 22.6 Å². The fraction of sp³-hybridized carbons (Fsp3) is 0.429. The number of benzene rings is 2. The van der Waals surface area contributed by atoms with Gasteiger partial charge in [-0.3, -0.25) is 10.1 Å². The summed E-state index contributed by atoms with van der Waals surface area (Å²) in [4.78, 5) is 41.0. The molecule has 0 atom stereocenters. The van der Waals surface area contributed by atoms with Crippen molar-refractivity contribution in [2.75, 3.05) is 25.6 Å². The summed E-state index contributed by atoms with van der Waals surface area (Å²) in [5, 5.41) is 5.27. The molecule has 0 bridgehead atoms. The van der Waals surface area contributed by atoms with E-state index in [9.17, 15) is 14.4 Å². The molecule has 0 aliphatic heterocycles. The van der Waals surface area contributed by atoms with E-state index in [0.717, 1.165) is 34.0 Å². The van der Waals surface area contributed by atoms with E-state index in [-0.39, 0.29) is 19.6 Å². The highest BCUT2D eigenvalue weighted by Gasteiger charge is 2.18. The van der Waals surface area contributed by atoms with Crippen LogP contribution in [-0.2, 0) is 43.5 Å². The van der Waals surface area contributed by atoms with Crippen LogP contribution in [0.3, 0.4) is 0 Å². The molecular formula is C35H48N4O7Si. The van der Waals surface area contributed by atoms with Gasteiger partial charge in [-0.25, -0.2) is 14.6 Å². The summed E-state index contributed by atoms with van der Waals surface area (Å²) in [6, 6.07) is 14.3. The standard InChI is InChI=1S/C35H48N4O7Si/c1-9-11-26-21-28(37-34(42)43-5)14-15-29(26)30-22-39(24-44-18-19-47(6,7)8)32(38-30)27-13-10-12-25(20-27)23-45-31(40)16-17-36-33(41)46-35(2,3)4/h9-10,12-15,20-22H,1,11,16-19,23-24H2,2-8H3,(H,36,41)(H,37,42). The van der Waals surface area contributed by atoms with Gasteiger partial charge in [0.2, 0.25) is 0 Å². The number of imidazole rings is 1. The zero-order valence-electron chi connectivity index (χ0n) is 28.6. The third-order valence-corrected chi connectivity index (χ3v) is 8.47. The molecule has 11 nitrogen and oxygen atoms in total. The molecule has 1 heterocycles. The second-order valence-electron chi connectivity index (χ2n) is 13.3. The lowest BCUT2D eigenvalue weighted by Gasteiger charge is -2.19. The molecule has 0 saturated carbocycles. The minimum atomic E-state index is -1.27. The summed E-state index contributed by atoms with van der Waals surface area (Å²) in [5.41, 5.74) is 4.18. The van der Waals surface area contributed by atoms with Crippen molar-refractivity contribution in [2.45, 2.75) is 78.2 Å². The lowest BCUT2D eigenvalue weighted by molar-refractivity contribution is -0.144. The summed E-state index contributed by atoms with van der Waals surface area (Å²) in [6.07, 6.45) is 3.22. The molecule has 0 fully saturated rings. The molecule has 3 rings (SSSR count). The van der Waals surface area contributed by atoms with Crippen LogP contribution in [0.2, 0.25) is 25.7 Å². The van der Waals surface area contributed by atoms with Crippen molar-refractivity contribution >= 4 is 31.9 Å². The number of nitrogens with one attached hydrogen (secondary N) is 2. The second-order valence-corrected chi connectivity index (χ2v) is 18.9. The predicted octanol–water partition coefficient (Wildman–Crippen LogP) is 7.39. The molecule has 0 spiro atoms. The number of rotatable bonds is 15. The Morgan fingerprint density at radius 3 is 2.51 bits per heavy atom. The van der Waals surface area contributed by atoms with E-state index in [4.69, 9.17) is 23.9 Å². The third-order valence-electron chi connectivity index (χ3n) is 6.76. The Balaban J connectivity index is 1.82. The van der Waals surface area contributed by atoms with Crippen LogP contribution >= 0.6 is 0 Å². The number of anilines is 1. The van der Waals surface area contributed by atoms with Crippen molar-refractivity contribution in [2.24, 2.45) is 0 Å². The molecule has 0 radical (unpaired) electrons. The maximum absolute atomic E-state index is 12.4. The van der Waals surface area contributed by atoms with Crippen LogP contribution in [0.25, 0.3) is 22.6 Å². The van der Waals surface area contributed by atoms with E-state index in [2.05, 4.69) is 36.9 Å². The number of methoxy groups -OCH3 is 1. The monoisotopic (exact) mass is 664 g/mol. The van der Waals surface area contributed by atoms with Gasteiger partial charge >= 0.3 is 18.2 Å². The Morgan fingerprint density at radius 1 is 1.06 bits per heavy atom. The van der Waals surface area contributed by atoms with Crippen molar-refractivity contribution in [1.29, 1.82) is 0 Å². The van der Waals surface area contributed by atoms with Crippen molar-refractivity contribution in [1.82, 2.24) is 14.9 Å². The van der Waals surface area contributed by atoms with E-state index >= 15 is 0 Å². The van der Waals surface area contributed by atoms with Crippen LogP contribution < -0.4 is 10.6 Å². The number of allylic oxidation sites excluding steroid dienone is 1. The van der Waals surface area contributed by atoms with E-state index in [0.29, 0.717) is 31.3 Å². The number of hydrogen-bond donors (Lipinski definition) is 2. The predicted molar refractivity (Wildman–Crippen MR) is 186 cm³/mol. The number of carbonyl (C=O) groups is 3. The van der Waals surface area contributed by atoms with Gasteiger partial charge in [0.05, 0.1) is 19.2 Å². The third kappa shape index (κ3) is 12.7. The van der Waals surface area contributed by atoms with Crippen LogP contribution in [0, 0.1) is 0 Å². The molecule has 47 heavy (non-hydrogen) atoms. The number of alkyl carbamates (subject to hydrolysis) is 1. The number of ether oxygens (including phenoxy) is 4. The molecule has 3 aromatic rings. The van der Waals surface area contributed by atoms with Crippen molar-refractivity contribution < 1.29 is 33.3 Å². The van der Waals surface area contributed by atoms with Gasteiger partial charge in [-0.05, 0) is 62.6 Å². The molecule has 12 heteroatoms. The van der Waals surface area contributed by atoms with Crippen LogP contribution in [0.4, 0.5) is 15.3 Å². The molecular weight excluding hydrogens is 616 g/mol. The zero-order valence-corrected chi connectivity index (χ0v) is 29.6. The number of nitrogens with zero attached hydrogens (tertiary/aromatic N) is 2. The van der Waals surface area contributed by atoms with Crippen molar-refractivity contribution in [3.63, 3.8) is 0 Å². The highest BCUT2D eigenvalue weighted by Crippen LogP contribution is 2.30. The highest BCUT2D eigenvalue weighted by atomic mass is 28.3. The van der Waals surface area contributed by atoms with E-state index in [1.807, 2.05) is 47.2 Å².